The van der Waals surface area contributed by atoms with E-state index in [2.05, 4.69) is 15.4 Å². The maximum absolute atomic E-state index is 12.5. The third-order valence-electron chi connectivity index (χ3n) is 4.80. The lowest BCUT2D eigenvalue weighted by Crippen LogP contribution is -2.63. The molecule has 2 rings (SSSR count). The van der Waals surface area contributed by atoms with Gasteiger partial charge in [-0.05, 0) is 11.6 Å². The number of nitrogens with one attached hydrogen (secondary N) is 2. The number of carboxylic acids is 1. The van der Waals surface area contributed by atoms with Crippen LogP contribution in [0.25, 0.3) is 0 Å². The van der Waals surface area contributed by atoms with Gasteiger partial charge in [-0.15, -0.1) is 0 Å². The van der Waals surface area contributed by atoms with Crippen LogP contribution in [0, 0.1) is 0 Å². The van der Waals surface area contributed by atoms with Crippen LogP contribution in [0.3, 0.4) is 0 Å². The van der Waals surface area contributed by atoms with Crippen molar-refractivity contribution in [1.29, 1.82) is 0 Å². The van der Waals surface area contributed by atoms with Crippen molar-refractivity contribution in [1.82, 2.24) is 10.6 Å². The number of rotatable bonds is 9. The van der Waals surface area contributed by atoms with Crippen LogP contribution in [0.2, 0.25) is 0 Å². The SMILES string of the molecule is CC(=O)N[C@H]1[C@H]([C@H](OC(=O)NCc2ccccc2)[C@H](O)COC(=O)C(F)(F)F)OC(C(=O)O)=C[C@@H]1N. The average molecular weight is 519 g/mol. The molecule has 1 aliphatic rings. The number of aliphatic hydroxyl groups is 1. The summed E-state index contributed by atoms with van der Waals surface area (Å²) in [4.78, 5) is 46.7. The fraction of sp³-hybridized carbons (Fsp3) is 0.429. The zero-order valence-corrected chi connectivity index (χ0v) is 18.7. The second-order valence-electron chi connectivity index (χ2n) is 7.59. The number of nitrogens with two attached hydrogens (primary N) is 1. The molecular weight excluding hydrogens is 495 g/mol. The van der Waals surface area contributed by atoms with Crippen molar-refractivity contribution in [3.63, 3.8) is 0 Å². The first-order chi connectivity index (χ1) is 16.8. The molecule has 0 aliphatic carbocycles. The largest absolute Gasteiger partial charge is 0.490 e. The zero-order valence-electron chi connectivity index (χ0n) is 18.7. The standard InChI is InChI=1S/C21H24F3N3O9/c1-10(28)27-15-12(25)7-14(18(30)31)35-17(15)16(13(29)9-34-19(32)21(22,23)24)36-20(33)26-8-11-5-3-2-4-6-11/h2-7,12-13,15-17,29H,8-9,25H2,1H3,(H,26,33)(H,27,28)(H,30,31)/t12-,13+,15+,16+,17+/m0/s1. The highest BCUT2D eigenvalue weighted by Crippen LogP contribution is 2.25. The molecule has 36 heavy (non-hydrogen) atoms. The average Bonchev–Trinajstić information content (AvgIpc) is 2.80. The van der Waals surface area contributed by atoms with Crippen molar-refractivity contribution >= 4 is 23.9 Å². The second-order valence-corrected chi connectivity index (χ2v) is 7.59. The van der Waals surface area contributed by atoms with E-state index in [-0.39, 0.29) is 6.54 Å². The molecule has 1 heterocycles. The third-order valence-corrected chi connectivity index (χ3v) is 4.80. The summed E-state index contributed by atoms with van der Waals surface area (Å²) in [6, 6.07) is 5.92. The molecule has 0 unspecified atom stereocenters. The molecule has 12 nitrogen and oxygen atoms in total. The Kier molecular flexibility index (Phi) is 9.63. The van der Waals surface area contributed by atoms with Crippen molar-refractivity contribution in [2.45, 2.75) is 50.0 Å². The van der Waals surface area contributed by atoms with Crippen LogP contribution in [0.15, 0.2) is 42.2 Å². The number of carbonyl (C=O) groups excluding carboxylic acids is 3. The van der Waals surface area contributed by atoms with E-state index < -0.39 is 72.9 Å². The molecule has 0 saturated carbocycles. The van der Waals surface area contributed by atoms with Gasteiger partial charge in [0.1, 0.15) is 12.7 Å². The number of amides is 2. The Hall–Kier alpha value is -3.85. The second kappa shape index (κ2) is 12.2. The molecule has 0 aromatic heterocycles. The first-order valence-corrected chi connectivity index (χ1v) is 10.3. The number of ether oxygens (including phenoxy) is 3. The minimum Gasteiger partial charge on any atom is -0.477 e. The highest BCUT2D eigenvalue weighted by Gasteiger charge is 2.47. The van der Waals surface area contributed by atoms with E-state index in [1.54, 1.807) is 30.3 Å². The molecule has 0 spiro atoms. The lowest BCUT2D eigenvalue weighted by atomic mass is 9.92. The van der Waals surface area contributed by atoms with E-state index in [1.165, 1.54) is 0 Å². The third kappa shape index (κ3) is 8.13. The smallest absolute Gasteiger partial charge is 0.477 e. The fourth-order valence-electron chi connectivity index (χ4n) is 3.20. The molecule has 1 aromatic carbocycles. The number of aliphatic carboxylic acids is 1. The Labute approximate surface area is 202 Å². The maximum atomic E-state index is 12.5. The molecule has 6 N–H and O–H groups in total. The van der Waals surface area contributed by atoms with Crippen LogP contribution in [-0.4, -0.2) is 77.3 Å². The number of hydrogen-bond donors (Lipinski definition) is 5. The number of carbonyl (C=O) groups is 4. The van der Waals surface area contributed by atoms with Crippen LogP contribution in [0.4, 0.5) is 18.0 Å². The van der Waals surface area contributed by atoms with Crippen LogP contribution >= 0.6 is 0 Å². The Morgan fingerprint density at radius 1 is 1.19 bits per heavy atom. The maximum Gasteiger partial charge on any atom is 0.490 e. The summed E-state index contributed by atoms with van der Waals surface area (Å²) in [7, 11) is 0. The van der Waals surface area contributed by atoms with Crippen molar-refractivity contribution < 1.29 is 56.8 Å². The number of esters is 1. The Morgan fingerprint density at radius 3 is 2.39 bits per heavy atom. The van der Waals surface area contributed by atoms with Crippen molar-refractivity contribution in [3.05, 3.63) is 47.7 Å². The van der Waals surface area contributed by atoms with Crippen LogP contribution in [0.5, 0.6) is 0 Å². The molecule has 0 saturated heterocycles. The number of hydrogen-bond acceptors (Lipinski definition) is 9. The van der Waals surface area contributed by atoms with Gasteiger partial charge in [0.05, 0.1) is 12.1 Å². The van der Waals surface area contributed by atoms with Gasteiger partial charge in [-0.25, -0.2) is 14.4 Å². The lowest BCUT2D eigenvalue weighted by Gasteiger charge is -2.40. The quantitative estimate of drug-likeness (QED) is 0.277. The summed E-state index contributed by atoms with van der Waals surface area (Å²) in [6.07, 6.45) is -11.4. The molecule has 0 radical (unpaired) electrons. The van der Waals surface area contributed by atoms with Gasteiger partial charge in [-0.2, -0.15) is 13.2 Å². The van der Waals surface area contributed by atoms with E-state index in [1.807, 2.05) is 0 Å². The minimum absolute atomic E-state index is 0.0496. The summed E-state index contributed by atoms with van der Waals surface area (Å²) >= 11 is 0. The van der Waals surface area contributed by atoms with E-state index in [4.69, 9.17) is 15.2 Å². The molecular formula is C21H24F3N3O9. The van der Waals surface area contributed by atoms with Gasteiger partial charge < -0.3 is 40.8 Å². The van der Waals surface area contributed by atoms with Crippen LogP contribution in [-0.2, 0) is 35.1 Å². The number of carboxylic acid groups (broad SMARTS) is 1. The summed E-state index contributed by atoms with van der Waals surface area (Å²) in [5.74, 6) is -5.62. The number of halogens is 3. The number of alkyl halides is 3. The van der Waals surface area contributed by atoms with Gasteiger partial charge >= 0.3 is 24.2 Å². The van der Waals surface area contributed by atoms with Crippen molar-refractivity contribution in [2.75, 3.05) is 6.61 Å². The highest BCUT2D eigenvalue weighted by molar-refractivity contribution is 5.85. The van der Waals surface area contributed by atoms with Gasteiger partial charge in [0, 0.05) is 13.5 Å². The number of alkyl carbamates (subject to hydrolysis) is 1. The first-order valence-electron chi connectivity index (χ1n) is 10.3. The van der Waals surface area contributed by atoms with Crippen molar-refractivity contribution in [3.8, 4) is 0 Å². The summed E-state index contributed by atoms with van der Waals surface area (Å²) in [6.45, 7) is -0.279. The van der Waals surface area contributed by atoms with Gasteiger partial charge in [-0.3, -0.25) is 4.79 Å². The normalized spacial score (nSPS) is 21.2. The number of benzene rings is 1. The summed E-state index contributed by atoms with van der Waals surface area (Å²) < 4.78 is 52.0. The van der Waals surface area contributed by atoms with Gasteiger partial charge in [0.2, 0.25) is 11.7 Å². The molecule has 15 heteroatoms. The first kappa shape index (κ1) is 28.4. The highest BCUT2D eigenvalue weighted by atomic mass is 19.4. The molecule has 2 amide bonds. The number of aliphatic hydroxyl groups excluding tert-OH is 1. The molecule has 5 atom stereocenters. The fourth-order valence-corrected chi connectivity index (χ4v) is 3.20. The summed E-state index contributed by atoms with van der Waals surface area (Å²) in [5.41, 5.74) is 6.57. The summed E-state index contributed by atoms with van der Waals surface area (Å²) in [5, 5.41) is 24.5. The lowest BCUT2D eigenvalue weighted by molar-refractivity contribution is -0.204. The predicted molar refractivity (Wildman–Crippen MR) is 113 cm³/mol. The van der Waals surface area contributed by atoms with Gasteiger partial charge in [-0.1, -0.05) is 30.3 Å². The van der Waals surface area contributed by atoms with E-state index in [9.17, 15) is 42.6 Å². The van der Waals surface area contributed by atoms with E-state index >= 15 is 0 Å². The van der Waals surface area contributed by atoms with E-state index in [0.717, 1.165) is 13.0 Å². The minimum atomic E-state index is -5.37. The molecule has 1 aromatic rings. The Morgan fingerprint density at radius 2 is 1.83 bits per heavy atom. The van der Waals surface area contributed by atoms with Gasteiger partial charge in [0.15, 0.2) is 12.2 Å². The monoisotopic (exact) mass is 519 g/mol. The van der Waals surface area contributed by atoms with Gasteiger partial charge in [0.25, 0.3) is 0 Å². The predicted octanol–water partition coefficient (Wildman–Crippen LogP) is -0.0529. The topological polar surface area (TPSA) is 187 Å². The Bertz CT molecular complexity index is 988. The van der Waals surface area contributed by atoms with E-state index in [0.29, 0.717) is 5.56 Å². The molecule has 0 bridgehead atoms. The molecule has 198 valence electrons. The Balaban J connectivity index is 2.30. The van der Waals surface area contributed by atoms with Crippen molar-refractivity contribution in [2.24, 2.45) is 5.73 Å². The van der Waals surface area contributed by atoms with Crippen LogP contribution < -0.4 is 16.4 Å². The molecule has 0 fully saturated rings. The van der Waals surface area contributed by atoms with Crippen LogP contribution in [0.1, 0.15) is 12.5 Å². The molecule has 1 aliphatic heterocycles. The zero-order chi connectivity index (χ0) is 27.0.